The molecule has 0 amide bonds. The first-order valence-corrected chi connectivity index (χ1v) is 11.1. The summed E-state index contributed by atoms with van der Waals surface area (Å²) in [7, 11) is 1.96. The van der Waals surface area contributed by atoms with E-state index in [1.54, 1.807) is 38.5 Å². The fourth-order valence-corrected chi connectivity index (χ4v) is 2.96. The van der Waals surface area contributed by atoms with Crippen LogP contribution >= 0.6 is 11.6 Å². The van der Waals surface area contributed by atoms with Crippen LogP contribution in [0.3, 0.4) is 0 Å². The van der Waals surface area contributed by atoms with E-state index in [4.69, 9.17) is 31.1 Å². The average Bonchev–Trinajstić information content (AvgIpc) is 2.86. The van der Waals surface area contributed by atoms with Gasteiger partial charge >= 0.3 is 7.12 Å². The molecule has 0 fully saturated rings. The lowest BCUT2D eigenvalue weighted by atomic mass is 9.80. The van der Waals surface area contributed by atoms with Crippen molar-refractivity contribution in [1.29, 1.82) is 0 Å². The first-order valence-electron chi connectivity index (χ1n) is 10.8. The smallest absolute Gasteiger partial charge is 0.488 e. The summed E-state index contributed by atoms with van der Waals surface area (Å²) in [6, 6.07) is 30.9. The summed E-state index contributed by atoms with van der Waals surface area (Å²) in [4.78, 5) is 0. The highest BCUT2D eigenvalue weighted by Crippen LogP contribution is 2.22. The topological polar surface area (TPSA) is 58.9 Å². The Balaban J connectivity index is 0.000000271. The molecule has 6 heteroatoms. The summed E-state index contributed by atoms with van der Waals surface area (Å²) >= 11 is 5.61. The summed E-state index contributed by atoms with van der Waals surface area (Å²) < 4.78 is 10.0. The fraction of sp³-hybridized carbons (Fsp3) is 0.172. The number of aryl methyl sites for hydroxylation is 2. The van der Waals surface area contributed by atoms with Gasteiger partial charge in [0.25, 0.3) is 0 Å². The van der Waals surface area contributed by atoms with Gasteiger partial charge in [-0.2, -0.15) is 0 Å². The second-order valence-corrected chi connectivity index (χ2v) is 7.97. The number of ether oxygens (including phenoxy) is 2. The molecule has 0 bridgehead atoms. The van der Waals surface area contributed by atoms with Crippen LogP contribution in [-0.2, 0) is 0 Å². The number of benzene rings is 4. The molecular weight excluding hydrogens is 459 g/mol. The molecule has 0 aliphatic heterocycles. The van der Waals surface area contributed by atoms with E-state index in [1.807, 2.05) is 43.3 Å². The zero-order valence-electron chi connectivity index (χ0n) is 19.9. The van der Waals surface area contributed by atoms with E-state index in [0.29, 0.717) is 5.46 Å². The number of hydrogen-bond donors (Lipinski definition) is 2. The SMILES string of the molecule is C.COc1ccc(-c2ccc(C)cc2)cc1.COc1ccc(Cl)cc1.Cc1ccc(B(O)O)cc1. The van der Waals surface area contributed by atoms with Crippen LogP contribution in [0.5, 0.6) is 11.5 Å². The second kappa shape index (κ2) is 15.6. The molecule has 0 aliphatic rings. The maximum Gasteiger partial charge on any atom is 0.488 e. The quantitative estimate of drug-likeness (QED) is 0.327. The molecule has 2 N–H and O–H groups in total. The summed E-state index contributed by atoms with van der Waals surface area (Å²) in [6.45, 7) is 4.05. The largest absolute Gasteiger partial charge is 0.497 e. The zero-order chi connectivity index (χ0) is 24.9. The van der Waals surface area contributed by atoms with Gasteiger partial charge in [0.05, 0.1) is 14.2 Å². The third-order valence-electron chi connectivity index (χ3n) is 4.90. The van der Waals surface area contributed by atoms with Crippen molar-refractivity contribution in [3.8, 4) is 22.6 Å². The Bertz CT molecular complexity index is 1100. The molecule has 4 aromatic carbocycles. The monoisotopic (exact) mass is 492 g/mol. The molecule has 0 spiro atoms. The van der Waals surface area contributed by atoms with E-state index in [1.165, 1.54) is 16.7 Å². The molecule has 35 heavy (non-hydrogen) atoms. The third kappa shape index (κ3) is 10.7. The molecule has 0 radical (unpaired) electrons. The highest BCUT2D eigenvalue weighted by Gasteiger charge is 2.08. The molecule has 0 saturated heterocycles. The van der Waals surface area contributed by atoms with Crippen molar-refractivity contribution in [3.05, 3.63) is 113 Å². The molecule has 4 aromatic rings. The summed E-state index contributed by atoms with van der Waals surface area (Å²) in [5, 5.41) is 18.1. The van der Waals surface area contributed by atoms with Gasteiger partial charge in [-0.25, -0.2) is 0 Å². The van der Waals surface area contributed by atoms with Gasteiger partial charge in [-0.1, -0.05) is 90.8 Å². The van der Waals surface area contributed by atoms with Crippen LogP contribution in [-0.4, -0.2) is 31.4 Å². The van der Waals surface area contributed by atoms with Crippen molar-refractivity contribution in [2.24, 2.45) is 0 Å². The minimum atomic E-state index is -1.35. The maximum atomic E-state index is 8.67. The molecule has 4 rings (SSSR count). The van der Waals surface area contributed by atoms with E-state index in [-0.39, 0.29) is 7.43 Å². The van der Waals surface area contributed by atoms with Gasteiger partial charge in [0, 0.05) is 5.02 Å². The lowest BCUT2D eigenvalue weighted by Gasteiger charge is -2.03. The van der Waals surface area contributed by atoms with Gasteiger partial charge in [0.15, 0.2) is 0 Å². The van der Waals surface area contributed by atoms with Crippen LogP contribution < -0.4 is 14.9 Å². The Hall–Kier alpha value is -3.25. The Morgan fingerprint density at radius 3 is 1.29 bits per heavy atom. The summed E-state index contributed by atoms with van der Waals surface area (Å²) in [5.74, 6) is 1.73. The van der Waals surface area contributed by atoms with Gasteiger partial charge in [-0.05, 0) is 66.8 Å². The average molecular weight is 493 g/mol. The van der Waals surface area contributed by atoms with E-state index in [0.717, 1.165) is 22.1 Å². The Kier molecular flexibility index (Phi) is 13.3. The number of rotatable bonds is 4. The maximum absolute atomic E-state index is 8.67. The van der Waals surface area contributed by atoms with Crippen LogP contribution in [0.15, 0.2) is 97.1 Å². The van der Waals surface area contributed by atoms with Gasteiger partial charge in [0.1, 0.15) is 11.5 Å². The van der Waals surface area contributed by atoms with Gasteiger partial charge in [-0.15, -0.1) is 0 Å². The Labute approximate surface area is 214 Å². The minimum Gasteiger partial charge on any atom is -0.497 e. The van der Waals surface area contributed by atoms with E-state index < -0.39 is 7.12 Å². The molecule has 0 saturated carbocycles. The molecular formula is C29H34BClO4. The normalized spacial score (nSPS) is 9.34. The van der Waals surface area contributed by atoms with Crippen molar-refractivity contribution < 1.29 is 19.5 Å². The number of methoxy groups -OCH3 is 2. The van der Waals surface area contributed by atoms with Crippen molar-refractivity contribution >= 4 is 24.2 Å². The van der Waals surface area contributed by atoms with Crippen molar-refractivity contribution in [3.63, 3.8) is 0 Å². The molecule has 4 nitrogen and oxygen atoms in total. The Morgan fingerprint density at radius 2 is 0.914 bits per heavy atom. The van der Waals surface area contributed by atoms with Crippen molar-refractivity contribution in [1.82, 2.24) is 0 Å². The van der Waals surface area contributed by atoms with Crippen LogP contribution in [0.25, 0.3) is 11.1 Å². The summed E-state index contributed by atoms with van der Waals surface area (Å²) in [6.07, 6.45) is 0. The lowest BCUT2D eigenvalue weighted by Crippen LogP contribution is -2.29. The number of halogens is 1. The highest BCUT2D eigenvalue weighted by atomic mass is 35.5. The van der Waals surface area contributed by atoms with E-state index in [2.05, 4.69) is 43.3 Å². The highest BCUT2D eigenvalue weighted by molar-refractivity contribution is 6.58. The molecule has 184 valence electrons. The van der Waals surface area contributed by atoms with Gasteiger partial charge < -0.3 is 19.5 Å². The second-order valence-electron chi connectivity index (χ2n) is 7.54. The minimum absolute atomic E-state index is 0. The first-order chi connectivity index (χ1) is 16.3. The molecule has 0 unspecified atom stereocenters. The van der Waals surface area contributed by atoms with Crippen molar-refractivity contribution in [2.75, 3.05) is 14.2 Å². The van der Waals surface area contributed by atoms with Crippen LogP contribution in [0.1, 0.15) is 18.6 Å². The van der Waals surface area contributed by atoms with E-state index >= 15 is 0 Å². The zero-order valence-corrected chi connectivity index (χ0v) is 20.7. The van der Waals surface area contributed by atoms with Crippen LogP contribution in [0.4, 0.5) is 0 Å². The molecule has 0 aliphatic carbocycles. The Morgan fingerprint density at radius 1 is 0.571 bits per heavy atom. The molecule has 0 heterocycles. The standard InChI is InChI=1S/C14H14O.C7H9BO2.C7H7ClO.CH4/c1-11-3-5-12(6-4-11)13-7-9-14(15-2)10-8-13;1-6-2-4-7(5-3-6)8(9)10;1-9-7-4-2-6(8)3-5-7;/h3-10H,1-2H3;2-5,9-10H,1H3;2-5H,1H3;1H4. The third-order valence-corrected chi connectivity index (χ3v) is 5.15. The predicted molar refractivity (Wildman–Crippen MR) is 149 cm³/mol. The van der Waals surface area contributed by atoms with Crippen molar-refractivity contribution in [2.45, 2.75) is 21.3 Å². The van der Waals surface area contributed by atoms with E-state index in [9.17, 15) is 0 Å². The summed E-state index contributed by atoms with van der Waals surface area (Å²) in [5.41, 5.74) is 5.39. The van der Waals surface area contributed by atoms with Gasteiger partial charge in [0.2, 0.25) is 0 Å². The van der Waals surface area contributed by atoms with Crippen LogP contribution in [0, 0.1) is 13.8 Å². The predicted octanol–water partition coefficient (Wildman–Crippen LogP) is 6.33. The van der Waals surface area contributed by atoms with Gasteiger partial charge in [-0.3, -0.25) is 0 Å². The first kappa shape index (κ1) is 29.8. The fourth-order valence-electron chi connectivity index (χ4n) is 2.84. The number of hydrogen-bond acceptors (Lipinski definition) is 4. The lowest BCUT2D eigenvalue weighted by molar-refractivity contribution is 0.414. The molecule has 0 atom stereocenters. The molecule has 0 aromatic heterocycles. The van der Waals surface area contributed by atoms with Crippen LogP contribution in [0.2, 0.25) is 5.02 Å².